The van der Waals surface area contributed by atoms with Gasteiger partial charge in [-0.15, -0.1) is 10.2 Å². The van der Waals surface area contributed by atoms with Crippen LogP contribution < -0.4 is 5.32 Å². The SMILES string of the molecule is CC(Nc1nnc(C(F)(F)F)s1)(C(=O)O)C(F)(F)F. The molecule has 19 heavy (non-hydrogen) atoms. The highest BCUT2D eigenvalue weighted by Crippen LogP contribution is 2.37. The molecule has 0 fully saturated rings. The highest BCUT2D eigenvalue weighted by Gasteiger charge is 2.58. The van der Waals surface area contributed by atoms with Crippen LogP contribution in [-0.2, 0) is 11.0 Å². The van der Waals surface area contributed by atoms with Crippen molar-refractivity contribution in [3.05, 3.63) is 5.01 Å². The molecule has 0 aliphatic heterocycles. The Morgan fingerprint density at radius 2 is 1.74 bits per heavy atom. The molecule has 0 aliphatic rings. The smallest absolute Gasteiger partial charge is 0.445 e. The van der Waals surface area contributed by atoms with Crippen molar-refractivity contribution in [3.8, 4) is 0 Å². The van der Waals surface area contributed by atoms with Gasteiger partial charge in [-0.05, 0) is 6.92 Å². The van der Waals surface area contributed by atoms with Gasteiger partial charge in [-0.1, -0.05) is 11.3 Å². The highest BCUT2D eigenvalue weighted by molar-refractivity contribution is 7.15. The molecule has 2 N–H and O–H groups in total. The van der Waals surface area contributed by atoms with Gasteiger partial charge in [-0.2, -0.15) is 26.3 Å². The second-order valence-corrected chi connectivity index (χ2v) is 4.44. The number of anilines is 1. The summed E-state index contributed by atoms with van der Waals surface area (Å²) in [6.45, 7) is 0.268. The number of carboxylic acid groups (broad SMARTS) is 1. The number of carbonyl (C=O) groups is 1. The average molecular weight is 309 g/mol. The Labute approximate surface area is 105 Å². The molecule has 108 valence electrons. The standard InChI is InChI=1S/C7H5F6N3O2S/c1-5(3(17)18,7(11,12)13)14-4-16-15-2(19-4)6(8,9)10/h1H3,(H,14,16)(H,17,18). The zero-order valence-corrected chi connectivity index (χ0v) is 9.74. The van der Waals surface area contributed by atoms with Crippen molar-refractivity contribution in [2.24, 2.45) is 0 Å². The van der Waals surface area contributed by atoms with Gasteiger partial charge in [0.2, 0.25) is 15.7 Å². The molecule has 0 aliphatic carbocycles. The van der Waals surface area contributed by atoms with Gasteiger partial charge in [0.05, 0.1) is 0 Å². The molecule has 0 spiro atoms. The Morgan fingerprint density at radius 1 is 1.21 bits per heavy atom. The van der Waals surface area contributed by atoms with Crippen molar-refractivity contribution < 1.29 is 36.2 Å². The predicted molar refractivity (Wildman–Crippen MR) is 50.6 cm³/mol. The van der Waals surface area contributed by atoms with Crippen LogP contribution in [0.1, 0.15) is 11.9 Å². The summed E-state index contributed by atoms with van der Waals surface area (Å²) in [7, 11) is 0. The van der Waals surface area contributed by atoms with E-state index in [2.05, 4.69) is 10.2 Å². The van der Waals surface area contributed by atoms with Gasteiger partial charge in [0, 0.05) is 0 Å². The van der Waals surface area contributed by atoms with Crippen LogP contribution in [0.5, 0.6) is 0 Å². The number of aromatic nitrogens is 2. The van der Waals surface area contributed by atoms with Crippen LogP contribution in [0.15, 0.2) is 0 Å². The second-order valence-electron chi connectivity index (χ2n) is 3.46. The number of halogens is 6. The third kappa shape index (κ3) is 3.05. The maximum absolute atomic E-state index is 12.6. The number of hydrogen-bond acceptors (Lipinski definition) is 5. The van der Waals surface area contributed by atoms with E-state index in [-0.39, 0.29) is 18.3 Å². The molecule has 0 saturated heterocycles. The minimum absolute atomic E-state index is 0.221. The molecule has 12 heteroatoms. The van der Waals surface area contributed by atoms with Crippen LogP contribution in [-0.4, -0.2) is 33.0 Å². The van der Waals surface area contributed by atoms with E-state index in [1.54, 1.807) is 0 Å². The fourth-order valence-corrected chi connectivity index (χ4v) is 1.57. The number of alkyl halides is 6. The first kappa shape index (κ1) is 15.5. The summed E-state index contributed by atoms with van der Waals surface area (Å²) in [5.74, 6) is -2.30. The Morgan fingerprint density at radius 3 is 2.05 bits per heavy atom. The maximum Gasteiger partial charge on any atom is 0.445 e. The lowest BCUT2D eigenvalue weighted by Gasteiger charge is -2.27. The molecule has 1 heterocycles. The molecular weight excluding hydrogens is 304 g/mol. The van der Waals surface area contributed by atoms with Gasteiger partial charge in [-0.25, -0.2) is 4.79 Å². The second kappa shape index (κ2) is 4.51. The summed E-state index contributed by atoms with van der Waals surface area (Å²) in [5.41, 5.74) is -3.46. The summed E-state index contributed by atoms with van der Waals surface area (Å²) in [6.07, 6.45) is -10.1. The number of hydrogen-bond donors (Lipinski definition) is 2. The summed E-state index contributed by atoms with van der Waals surface area (Å²) in [5, 5.41) is 13.1. The summed E-state index contributed by atoms with van der Waals surface area (Å²) < 4.78 is 74.2. The Bertz CT molecular complexity index is 484. The molecule has 5 nitrogen and oxygen atoms in total. The molecule has 0 radical (unpaired) electrons. The van der Waals surface area contributed by atoms with Crippen LogP contribution in [0.4, 0.5) is 31.5 Å². The molecule has 1 aromatic heterocycles. The molecule has 0 aromatic carbocycles. The molecule has 1 rings (SSSR count). The van der Waals surface area contributed by atoms with Gasteiger partial charge in [-0.3, -0.25) is 0 Å². The van der Waals surface area contributed by atoms with Gasteiger partial charge in [0.15, 0.2) is 0 Å². The normalized spacial score (nSPS) is 15.9. The summed E-state index contributed by atoms with van der Waals surface area (Å²) in [6, 6.07) is 0. The minimum atomic E-state index is -5.23. The zero-order chi connectivity index (χ0) is 15.1. The van der Waals surface area contributed by atoms with Gasteiger partial charge >= 0.3 is 18.3 Å². The Balaban J connectivity index is 3.06. The van der Waals surface area contributed by atoms with Gasteiger partial charge < -0.3 is 10.4 Å². The van der Waals surface area contributed by atoms with Crippen LogP contribution in [0.3, 0.4) is 0 Å². The predicted octanol–water partition coefficient (Wildman–Crippen LogP) is 2.37. The fraction of sp³-hybridized carbons (Fsp3) is 0.571. The van der Waals surface area contributed by atoms with E-state index >= 15 is 0 Å². The number of carboxylic acids is 1. The topological polar surface area (TPSA) is 75.1 Å². The van der Waals surface area contributed by atoms with E-state index in [1.807, 2.05) is 0 Å². The van der Waals surface area contributed by atoms with Crippen molar-refractivity contribution in [2.45, 2.75) is 24.8 Å². The molecule has 1 aromatic rings. The first-order valence-electron chi connectivity index (χ1n) is 4.37. The lowest BCUT2D eigenvalue weighted by Crippen LogP contribution is -2.55. The molecule has 0 bridgehead atoms. The van der Waals surface area contributed by atoms with Crippen molar-refractivity contribution in [1.82, 2.24) is 10.2 Å². The van der Waals surface area contributed by atoms with E-state index in [9.17, 15) is 31.1 Å². The maximum atomic E-state index is 12.6. The first-order valence-corrected chi connectivity index (χ1v) is 5.18. The third-order valence-electron chi connectivity index (χ3n) is 2.02. The third-order valence-corrected chi connectivity index (χ3v) is 2.90. The van der Waals surface area contributed by atoms with E-state index in [0.29, 0.717) is 0 Å². The molecular formula is C7H5F6N3O2S. The van der Waals surface area contributed by atoms with Gasteiger partial charge in [0.1, 0.15) is 0 Å². The van der Waals surface area contributed by atoms with Crippen LogP contribution in [0.2, 0.25) is 0 Å². The van der Waals surface area contributed by atoms with E-state index in [4.69, 9.17) is 5.11 Å². The average Bonchev–Trinajstić information content (AvgIpc) is 2.63. The molecule has 0 saturated carbocycles. The van der Waals surface area contributed by atoms with Crippen LogP contribution in [0, 0.1) is 0 Å². The van der Waals surface area contributed by atoms with Crippen molar-refractivity contribution >= 4 is 22.4 Å². The van der Waals surface area contributed by atoms with E-state index in [1.165, 1.54) is 5.32 Å². The first-order chi connectivity index (χ1) is 8.38. The number of nitrogens with one attached hydrogen (secondary N) is 1. The largest absolute Gasteiger partial charge is 0.479 e. The summed E-state index contributed by atoms with van der Waals surface area (Å²) in [4.78, 5) is 10.6. The van der Waals surface area contributed by atoms with E-state index < -0.39 is 34.0 Å². The molecule has 1 unspecified atom stereocenters. The number of rotatable bonds is 3. The van der Waals surface area contributed by atoms with Crippen molar-refractivity contribution in [2.75, 3.05) is 5.32 Å². The molecule has 0 amide bonds. The summed E-state index contributed by atoms with van der Waals surface area (Å²) >= 11 is -0.221. The Hall–Kier alpha value is -1.59. The van der Waals surface area contributed by atoms with Crippen LogP contribution >= 0.6 is 11.3 Å². The Kier molecular flexibility index (Phi) is 3.67. The molecule has 1 atom stereocenters. The number of aliphatic carboxylic acids is 1. The van der Waals surface area contributed by atoms with Crippen LogP contribution in [0.25, 0.3) is 0 Å². The fourth-order valence-electron chi connectivity index (χ4n) is 0.848. The van der Waals surface area contributed by atoms with E-state index in [0.717, 1.165) is 0 Å². The quantitative estimate of drug-likeness (QED) is 0.839. The zero-order valence-electron chi connectivity index (χ0n) is 8.93. The monoisotopic (exact) mass is 309 g/mol. The van der Waals surface area contributed by atoms with Gasteiger partial charge in [0.25, 0.3) is 0 Å². The minimum Gasteiger partial charge on any atom is -0.479 e. The van der Waals surface area contributed by atoms with Crippen molar-refractivity contribution in [1.29, 1.82) is 0 Å². The lowest BCUT2D eigenvalue weighted by atomic mass is 10.0. The highest BCUT2D eigenvalue weighted by atomic mass is 32.1. The van der Waals surface area contributed by atoms with Crippen molar-refractivity contribution in [3.63, 3.8) is 0 Å². The lowest BCUT2D eigenvalue weighted by molar-refractivity contribution is -0.192. The number of nitrogens with zero attached hydrogens (tertiary/aromatic N) is 2.